The lowest BCUT2D eigenvalue weighted by atomic mass is 9.79. The number of hydrazine groups is 1. The highest BCUT2D eigenvalue weighted by molar-refractivity contribution is 7.80. The van der Waals surface area contributed by atoms with Crippen LogP contribution < -0.4 is 9.88 Å². The number of ketones is 1. The quantitative estimate of drug-likeness (QED) is 0.251. The molecule has 2 aromatic heterocycles. The number of carbonyl (C=O) groups is 2. The fraction of sp³-hybridized carbons (Fsp3) is 0.400. The highest BCUT2D eigenvalue weighted by Gasteiger charge is 2.52. The van der Waals surface area contributed by atoms with Gasteiger partial charge in [-0.3, -0.25) is 9.35 Å². The molecule has 4 heterocycles. The number of aromatic nitrogens is 2. The van der Waals surface area contributed by atoms with E-state index < -0.39 is 76.1 Å². The Bertz CT molecular complexity index is 1580. The summed E-state index contributed by atoms with van der Waals surface area (Å²) in [7, 11) is -0.933. The van der Waals surface area contributed by atoms with Crippen LogP contribution in [0.4, 0.5) is 23.7 Å². The van der Waals surface area contributed by atoms with Gasteiger partial charge in [-0.15, -0.1) is 0 Å². The molecule has 2 aliphatic rings. The van der Waals surface area contributed by atoms with E-state index in [2.05, 4.69) is 4.98 Å². The Morgan fingerprint density at radius 1 is 1.20 bits per heavy atom. The first-order valence-electron chi connectivity index (χ1n) is 12.6. The van der Waals surface area contributed by atoms with Crippen molar-refractivity contribution in [3.63, 3.8) is 0 Å². The van der Waals surface area contributed by atoms with Gasteiger partial charge in [0.1, 0.15) is 23.3 Å². The highest BCUT2D eigenvalue weighted by atomic mass is 32.2. The monoisotopic (exact) mass is 594 g/mol. The molecule has 11 nitrogen and oxygen atoms in total. The third-order valence-electron chi connectivity index (χ3n) is 7.66. The van der Waals surface area contributed by atoms with Crippen molar-refractivity contribution in [2.45, 2.75) is 51.5 Å². The van der Waals surface area contributed by atoms with Crippen molar-refractivity contribution in [3.8, 4) is 0 Å². The van der Waals surface area contributed by atoms with Crippen molar-refractivity contribution in [2.75, 3.05) is 17.5 Å². The third-order valence-corrected chi connectivity index (χ3v) is 8.38. The van der Waals surface area contributed by atoms with Crippen LogP contribution in [0.25, 0.3) is 11.0 Å². The van der Waals surface area contributed by atoms with Gasteiger partial charge >= 0.3 is 13.2 Å². The van der Waals surface area contributed by atoms with Crippen molar-refractivity contribution in [1.29, 1.82) is 0 Å². The number of nitrogens with zero attached hydrogens (tertiary/aromatic N) is 4. The second-order valence-electron chi connectivity index (χ2n) is 10.8. The van der Waals surface area contributed by atoms with Crippen molar-refractivity contribution in [2.24, 2.45) is 0 Å². The molecule has 218 valence electrons. The van der Waals surface area contributed by atoms with Crippen LogP contribution in [0, 0.1) is 11.6 Å². The maximum atomic E-state index is 15.8. The van der Waals surface area contributed by atoms with Gasteiger partial charge in [0.15, 0.2) is 5.82 Å². The first-order chi connectivity index (χ1) is 19.1. The number of benzene rings is 1. The number of anilines is 1. The number of fused-ring (bicyclic) bond motifs is 1. The van der Waals surface area contributed by atoms with E-state index >= 15 is 8.78 Å². The van der Waals surface area contributed by atoms with Crippen LogP contribution in [0.3, 0.4) is 0 Å². The molecule has 0 spiro atoms. The average molecular weight is 594 g/mol. The zero-order valence-electron chi connectivity index (χ0n) is 22.4. The second kappa shape index (κ2) is 10.2. The Kier molecular flexibility index (Phi) is 7.27. The molecule has 41 heavy (non-hydrogen) atoms. The van der Waals surface area contributed by atoms with E-state index in [0.717, 1.165) is 23.3 Å². The van der Waals surface area contributed by atoms with Gasteiger partial charge in [-0.05, 0) is 52.3 Å². The Hall–Kier alpha value is -3.31. The van der Waals surface area contributed by atoms with Crippen LogP contribution in [0.5, 0.6) is 0 Å². The van der Waals surface area contributed by atoms with Crippen LogP contribution in [0.15, 0.2) is 30.6 Å². The van der Waals surface area contributed by atoms with E-state index in [-0.39, 0.29) is 30.5 Å². The first-order valence-corrected chi connectivity index (χ1v) is 13.6. The molecule has 0 bridgehead atoms. The molecule has 0 saturated carbocycles. The minimum absolute atomic E-state index is 0.0208. The summed E-state index contributed by atoms with van der Waals surface area (Å²) >= 11 is -2.88. The smallest absolute Gasteiger partial charge is 0.464 e. The van der Waals surface area contributed by atoms with Gasteiger partial charge in [-0.25, -0.2) is 36.7 Å². The van der Waals surface area contributed by atoms with E-state index in [9.17, 15) is 27.8 Å². The van der Waals surface area contributed by atoms with Gasteiger partial charge < -0.3 is 14.4 Å². The van der Waals surface area contributed by atoms with Gasteiger partial charge in [0.05, 0.1) is 28.9 Å². The van der Waals surface area contributed by atoms with Gasteiger partial charge in [-0.2, -0.15) is 4.41 Å². The van der Waals surface area contributed by atoms with Crippen LogP contribution in [-0.2, 0) is 20.6 Å². The number of hydrogen-bond acceptors (Lipinski definition) is 7. The van der Waals surface area contributed by atoms with Crippen LogP contribution >= 0.6 is 0 Å². The summed E-state index contributed by atoms with van der Waals surface area (Å²) < 4.78 is 79.9. The molecule has 5 rings (SSSR count). The molecule has 2 atom stereocenters. The summed E-state index contributed by atoms with van der Waals surface area (Å²) in [6, 6.07) is 3.00. The Balaban J connectivity index is 1.62. The molecule has 1 unspecified atom stereocenters. The summed E-state index contributed by atoms with van der Waals surface area (Å²) in [6.07, 6.45) is -0.606. The lowest BCUT2D eigenvalue weighted by molar-refractivity contribution is 0.00578. The number of alkyl halides is 1. The second-order valence-corrected chi connectivity index (χ2v) is 11.6. The van der Waals surface area contributed by atoms with Crippen LogP contribution in [0.2, 0.25) is 0 Å². The van der Waals surface area contributed by atoms with Crippen molar-refractivity contribution in [1.82, 2.24) is 14.6 Å². The summed E-state index contributed by atoms with van der Waals surface area (Å²) in [5, 5.41) is 10.7. The van der Waals surface area contributed by atoms with E-state index in [1.807, 2.05) is 27.7 Å². The summed E-state index contributed by atoms with van der Waals surface area (Å²) in [6.45, 7) is 6.97. The van der Waals surface area contributed by atoms with Gasteiger partial charge in [0, 0.05) is 29.8 Å². The summed E-state index contributed by atoms with van der Waals surface area (Å²) in [4.78, 5) is 29.8. The zero-order chi connectivity index (χ0) is 30.0. The van der Waals surface area contributed by atoms with E-state index in [1.165, 1.54) is 12.3 Å². The Labute approximate surface area is 235 Å². The van der Waals surface area contributed by atoms with E-state index in [4.69, 9.17) is 9.31 Å². The summed E-state index contributed by atoms with van der Waals surface area (Å²) in [5.41, 5.74) is -3.42. The molecule has 16 heteroatoms. The van der Waals surface area contributed by atoms with Gasteiger partial charge in [0.25, 0.3) is 11.3 Å². The van der Waals surface area contributed by atoms with Gasteiger partial charge in [0.2, 0.25) is 5.78 Å². The minimum atomic E-state index is -2.88. The Morgan fingerprint density at radius 2 is 1.85 bits per heavy atom. The topological polar surface area (TPSA) is 134 Å². The number of rotatable bonds is 6. The third kappa shape index (κ3) is 4.93. The molecule has 0 radical (unpaired) electrons. The van der Waals surface area contributed by atoms with Crippen LogP contribution in [0.1, 0.15) is 50.0 Å². The molecule has 1 aromatic carbocycles. The summed E-state index contributed by atoms with van der Waals surface area (Å²) in [5.74, 6) is -4.02. The number of carboxylic acid groups (broad SMARTS) is 1. The molecule has 2 aliphatic heterocycles. The maximum Gasteiger partial charge on any atom is 0.496 e. The van der Waals surface area contributed by atoms with Gasteiger partial charge in [-0.1, -0.05) is 0 Å². The predicted molar refractivity (Wildman–Crippen MR) is 143 cm³/mol. The lowest BCUT2D eigenvalue weighted by Crippen LogP contribution is -2.43. The molecule has 2 fully saturated rings. The van der Waals surface area contributed by atoms with Crippen LogP contribution in [-0.4, -0.2) is 77.9 Å². The number of carbonyl (C=O) groups excluding carboxylic acids is 1. The molecule has 2 N–H and O–H groups in total. The SMILES string of the molecule is CC1(C)OB(c2cnc3c(c2)c(C(=O)c2c(F)ccc(N(N4CC[C@@H](F)C4)S(=O)O)c2F)cn3C(=O)O)OC1(C)C. The number of pyridine rings is 1. The fourth-order valence-corrected chi connectivity index (χ4v) is 5.45. The maximum absolute atomic E-state index is 15.8. The molecular formula is C25H26BF3N4O7S. The van der Waals surface area contributed by atoms with E-state index in [1.54, 1.807) is 0 Å². The average Bonchev–Trinajstić information content (AvgIpc) is 3.53. The molecule has 0 amide bonds. The standard InChI is InChI=1S/C25H26BF3N4O7S/c1-24(2)25(3,4)40-26(39-24)13-9-15-16(12-32(23(35)36)22(15)30-10-13)21(34)19-17(28)5-6-18(20(19)29)33(41(37)38)31-8-7-14(27)11-31/h5-6,9-10,12,14H,7-8,11H2,1-4H3,(H,35,36)(H,37,38)/t14-/m1/s1. The predicted octanol–water partition coefficient (Wildman–Crippen LogP) is 3.27. The zero-order valence-corrected chi connectivity index (χ0v) is 23.2. The number of hydrogen-bond donors (Lipinski definition) is 2. The number of halogens is 3. The molecule has 3 aromatic rings. The molecule has 2 saturated heterocycles. The van der Waals surface area contributed by atoms with Crippen molar-refractivity contribution in [3.05, 3.63) is 53.4 Å². The van der Waals surface area contributed by atoms with Crippen molar-refractivity contribution < 1.29 is 45.9 Å². The Morgan fingerprint density at radius 3 is 2.41 bits per heavy atom. The fourth-order valence-electron chi connectivity index (χ4n) is 4.79. The lowest BCUT2D eigenvalue weighted by Gasteiger charge is -2.32. The molecular weight excluding hydrogens is 568 g/mol. The largest absolute Gasteiger partial charge is 0.496 e. The van der Waals surface area contributed by atoms with Crippen molar-refractivity contribution >= 4 is 52.4 Å². The normalized spacial score (nSPS) is 21.0. The minimum Gasteiger partial charge on any atom is -0.464 e. The molecule has 0 aliphatic carbocycles. The first kappa shape index (κ1) is 29.2. The van der Waals surface area contributed by atoms with E-state index in [0.29, 0.717) is 14.4 Å². The highest BCUT2D eigenvalue weighted by Crippen LogP contribution is 2.37.